The lowest BCUT2D eigenvalue weighted by atomic mass is 9.77. The van der Waals surface area contributed by atoms with Crippen molar-refractivity contribution >= 4 is 21.8 Å². The van der Waals surface area contributed by atoms with Gasteiger partial charge in [-0.1, -0.05) is 67.5 Å². The van der Waals surface area contributed by atoms with Gasteiger partial charge in [-0.25, -0.2) is 8.42 Å². The van der Waals surface area contributed by atoms with E-state index in [-0.39, 0.29) is 22.8 Å². The van der Waals surface area contributed by atoms with Gasteiger partial charge in [0.2, 0.25) is 10.0 Å². The molecule has 0 spiro atoms. The van der Waals surface area contributed by atoms with Crippen molar-refractivity contribution in [3.63, 3.8) is 0 Å². The zero-order valence-corrected chi connectivity index (χ0v) is 27.8. The highest BCUT2D eigenvalue weighted by molar-refractivity contribution is 7.98. The van der Waals surface area contributed by atoms with Crippen molar-refractivity contribution in [3.8, 4) is 5.75 Å². The molecule has 0 fully saturated rings. The maximum atomic E-state index is 14.1. The van der Waals surface area contributed by atoms with E-state index in [0.717, 1.165) is 34.6 Å². The molecule has 2 atom stereocenters. The van der Waals surface area contributed by atoms with Gasteiger partial charge in [0.05, 0.1) is 17.0 Å². The lowest BCUT2D eigenvalue weighted by Crippen LogP contribution is -2.45. The maximum absolute atomic E-state index is 14.1. The molecule has 2 aliphatic heterocycles. The first-order chi connectivity index (χ1) is 17.8. The summed E-state index contributed by atoms with van der Waals surface area (Å²) in [5.74, 6) is 1.50. The van der Waals surface area contributed by atoms with Crippen molar-refractivity contribution < 1.29 is 13.2 Å². The van der Waals surface area contributed by atoms with E-state index < -0.39 is 15.6 Å². The summed E-state index contributed by atoms with van der Waals surface area (Å²) in [7, 11) is -3.61. The molecule has 0 N–H and O–H groups in total. The fourth-order valence-corrected chi connectivity index (χ4v) is 9.61. The summed E-state index contributed by atoms with van der Waals surface area (Å²) in [5.41, 5.74) is 5.14. The van der Waals surface area contributed by atoms with Crippen LogP contribution in [0.15, 0.2) is 34.1 Å². The van der Waals surface area contributed by atoms with E-state index in [9.17, 15) is 8.42 Å². The second-order valence-corrected chi connectivity index (χ2v) is 16.9. The van der Waals surface area contributed by atoms with Crippen LogP contribution in [0.4, 0.5) is 0 Å². The minimum absolute atomic E-state index is 0.0124. The maximum Gasteiger partial charge on any atom is 0.244 e. The van der Waals surface area contributed by atoms with Gasteiger partial charge in [0.1, 0.15) is 5.75 Å². The minimum Gasteiger partial charge on any atom is -0.492 e. The highest BCUT2D eigenvalue weighted by Crippen LogP contribution is 2.50. The molecule has 2 unspecified atom stereocenters. The molecule has 2 aliphatic rings. The van der Waals surface area contributed by atoms with E-state index >= 15 is 0 Å². The second kappa shape index (κ2) is 10.1. The van der Waals surface area contributed by atoms with Gasteiger partial charge in [0.15, 0.2) is 0 Å². The Balaban J connectivity index is 1.64. The molecule has 2 aromatic carbocycles. The summed E-state index contributed by atoms with van der Waals surface area (Å²) in [6, 6.07) is 8.73. The Hall–Kier alpha value is -1.50. The van der Waals surface area contributed by atoms with Crippen molar-refractivity contribution in [2.24, 2.45) is 0 Å². The van der Waals surface area contributed by atoms with Gasteiger partial charge in [-0.3, -0.25) is 0 Å². The Bertz CT molecular complexity index is 1370. The third-order valence-electron chi connectivity index (χ3n) is 8.89. The van der Waals surface area contributed by atoms with Crippen LogP contribution >= 0.6 is 11.8 Å². The Kier molecular flexibility index (Phi) is 7.88. The van der Waals surface area contributed by atoms with Crippen LogP contribution in [-0.2, 0) is 26.4 Å². The monoisotopic (exact) mass is 571 g/mol. The molecular formula is C33H49NO3S2. The molecule has 2 aromatic rings. The zero-order valence-electron chi connectivity index (χ0n) is 26.2. The lowest BCUT2D eigenvalue weighted by molar-refractivity contribution is 0.183. The summed E-state index contributed by atoms with van der Waals surface area (Å²) < 4.78 is 36.3. The molecule has 6 heteroatoms. The third kappa shape index (κ3) is 5.19. The topological polar surface area (TPSA) is 46.6 Å². The minimum atomic E-state index is -3.61. The number of ether oxygens (including phenoxy) is 1. The van der Waals surface area contributed by atoms with Crippen molar-refractivity contribution in [2.45, 2.75) is 133 Å². The number of nitrogens with zero attached hydrogens (tertiary/aromatic N) is 1. The van der Waals surface area contributed by atoms with E-state index in [4.69, 9.17) is 4.74 Å². The van der Waals surface area contributed by atoms with Gasteiger partial charge in [-0.05, 0) is 85.9 Å². The van der Waals surface area contributed by atoms with Crippen molar-refractivity contribution in [3.05, 3.63) is 52.1 Å². The van der Waals surface area contributed by atoms with Gasteiger partial charge in [-0.15, -0.1) is 11.8 Å². The summed E-state index contributed by atoms with van der Waals surface area (Å²) in [4.78, 5) is 1.66. The first-order valence-corrected chi connectivity index (χ1v) is 17.1. The highest BCUT2D eigenvalue weighted by Gasteiger charge is 2.51. The van der Waals surface area contributed by atoms with Crippen molar-refractivity contribution in [1.82, 2.24) is 4.31 Å². The number of sulfonamides is 1. The van der Waals surface area contributed by atoms with E-state index in [1.807, 2.05) is 0 Å². The fraction of sp³-hybridized carbons (Fsp3) is 0.636. The fourth-order valence-electron chi connectivity index (χ4n) is 6.47. The largest absolute Gasteiger partial charge is 0.492 e. The number of rotatable bonds is 7. The Morgan fingerprint density at radius 1 is 0.974 bits per heavy atom. The van der Waals surface area contributed by atoms with Gasteiger partial charge in [0.25, 0.3) is 0 Å². The van der Waals surface area contributed by atoms with Crippen LogP contribution in [0.1, 0.15) is 129 Å². The summed E-state index contributed by atoms with van der Waals surface area (Å²) in [5, 5.41) is 0. The molecule has 4 rings (SSSR count). The van der Waals surface area contributed by atoms with E-state index in [1.165, 1.54) is 16.7 Å². The standard InChI is InChI=1S/C33H49NO3S2/c1-20(2)25-17-24(38-12)18-28-30(25)39(35,36)34(33(28,10)11)22(4)14-13-21(3)23-15-26(31(5,6)7)29-27(16-23)32(8,9)19-37-29/h15-18,20-22H,13-14,19H2,1-12H3. The van der Waals surface area contributed by atoms with Crippen molar-refractivity contribution in [2.75, 3.05) is 12.9 Å². The van der Waals surface area contributed by atoms with Gasteiger partial charge in [-0.2, -0.15) is 4.31 Å². The molecule has 0 radical (unpaired) electrons. The van der Waals surface area contributed by atoms with Crippen LogP contribution in [0.25, 0.3) is 0 Å². The SMILES string of the molecule is CSc1cc(C(C)C)c2c(c1)C(C)(C)N(C(C)CCC(C)c1cc(C(C)(C)C)c3c(c1)C(C)(C)CO3)S2(=O)=O. The molecule has 2 heterocycles. The molecule has 0 saturated carbocycles. The molecule has 0 bridgehead atoms. The molecule has 216 valence electrons. The zero-order chi connectivity index (χ0) is 29.3. The Morgan fingerprint density at radius 2 is 1.62 bits per heavy atom. The Labute approximate surface area is 242 Å². The van der Waals surface area contributed by atoms with E-state index in [0.29, 0.717) is 17.4 Å². The quantitative estimate of drug-likeness (QED) is 0.312. The van der Waals surface area contributed by atoms with Gasteiger partial charge in [0, 0.05) is 27.5 Å². The number of thioether (sulfide) groups is 1. The molecule has 0 amide bonds. The number of benzene rings is 2. The number of fused-ring (bicyclic) bond motifs is 2. The molecule has 39 heavy (non-hydrogen) atoms. The highest BCUT2D eigenvalue weighted by atomic mass is 32.2. The molecule has 4 nitrogen and oxygen atoms in total. The summed E-state index contributed by atoms with van der Waals surface area (Å²) >= 11 is 1.68. The van der Waals surface area contributed by atoms with E-state index in [2.05, 4.69) is 107 Å². The lowest BCUT2D eigenvalue weighted by Gasteiger charge is -2.36. The van der Waals surface area contributed by atoms with Gasteiger partial charge >= 0.3 is 0 Å². The van der Waals surface area contributed by atoms with Crippen molar-refractivity contribution in [1.29, 1.82) is 0 Å². The van der Waals surface area contributed by atoms with Crippen LogP contribution < -0.4 is 4.74 Å². The summed E-state index contributed by atoms with van der Waals surface area (Å²) in [6.45, 7) is 24.7. The third-order valence-corrected chi connectivity index (χ3v) is 11.9. The second-order valence-electron chi connectivity index (χ2n) is 14.3. The van der Waals surface area contributed by atoms with Gasteiger partial charge < -0.3 is 4.74 Å². The number of hydrogen-bond acceptors (Lipinski definition) is 4. The average Bonchev–Trinajstić information content (AvgIpc) is 3.22. The first kappa shape index (κ1) is 30.5. The summed E-state index contributed by atoms with van der Waals surface area (Å²) in [6.07, 6.45) is 3.77. The molecule has 0 aromatic heterocycles. The predicted octanol–water partition coefficient (Wildman–Crippen LogP) is 8.71. The van der Waals surface area contributed by atoms with Crippen LogP contribution in [0, 0.1) is 0 Å². The van der Waals surface area contributed by atoms with Crippen LogP contribution in [0.5, 0.6) is 5.75 Å². The number of hydrogen-bond donors (Lipinski definition) is 0. The van der Waals surface area contributed by atoms with E-state index in [1.54, 1.807) is 16.1 Å². The first-order valence-electron chi connectivity index (χ1n) is 14.4. The Morgan fingerprint density at radius 3 is 2.18 bits per heavy atom. The molecular weight excluding hydrogens is 523 g/mol. The molecule has 0 aliphatic carbocycles. The average molecular weight is 572 g/mol. The molecule has 0 saturated heterocycles. The van der Waals surface area contributed by atoms with Crippen LogP contribution in [-0.4, -0.2) is 31.6 Å². The normalized spacial score (nSPS) is 20.9. The van der Waals surface area contributed by atoms with Crippen LogP contribution in [0.3, 0.4) is 0 Å². The smallest absolute Gasteiger partial charge is 0.244 e. The predicted molar refractivity (Wildman–Crippen MR) is 165 cm³/mol. The van der Waals surface area contributed by atoms with Crippen LogP contribution in [0.2, 0.25) is 0 Å².